The molecule has 0 aromatic carbocycles. The van der Waals surface area contributed by atoms with E-state index < -0.39 is 5.91 Å². The van der Waals surface area contributed by atoms with E-state index in [-0.39, 0.29) is 17.4 Å². The smallest absolute Gasteiger partial charge is 0.253 e. The number of anilines is 2. The van der Waals surface area contributed by atoms with Gasteiger partial charge in [0.15, 0.2) is 5.78 Å². The highest BCUT2D eigenvalue weighted by atomic mass is 32.1. The average molecular weight is 307 g/mol. The van der Waals surface area contributed by atoms with Gasteiger partial charge in [-0.3, -0.25) is 9.59 Å². The summed E-state index contributed by atoms with van der Waals surface area (Å²) in [6, 6.07) is 0.380. The Labute approximate surface area is 128 Å². The molecule has 2 saturated carbocycles. The Morgan fingerprint density at radius 2 is 2.10 bits per heavy atom. The Morgan fingerprint density at radius 1 is 1.38 bits per heavy atom. The summed E-state index contributed by atoms with van der Waals surface area (Å²) in [6.45, 7) is 2.17. The normalized spacial score (nSPS) is 23.9. The minimum absolute atomic E-state index is 0.0638. The lowest BCUT2D eigenvalue weighted by atomic mass is 10.1. The Hall–Kier alpha value is -1.56. The second kappa shape index (κ2) is 5.33. The van der Waals surface area contributed by atoms with Crippen LogP contribution in [-0.4, -0.2) is 17.7 Å². The van der Waals surface area contributed by atoms with Gasteiger partial charge in [-0.2, -0.15) is 0 Å². The van der Waals surface area contributed by atoms with Crippen molar-refractivity contribution in [1.29, 1.82) is 0 Å². The molecule has 1 aromatic heterocycles. The molecule has 5 nitrogen and oxygen atoms in total. The number of primary amides is 1. The van der Waals surface area contributed by atoms with E-state index in [2.05, 4.69) is 12.2 Å². The maximum atomic E-state index is 12.2. The Morgan fingerprint density at radius 3 is 2.67 bits per heavy atom. The molecule has 1 amide bonds. The first-order valence-electron chi connectivity index (χ1n) is 7.55. The van der Waals surface area contributed by atoms with Crippen LogP contribution in [0.1, 0.15) is 59.1 Å². The first-order valence-corrected chi connectivity index (χ1v) is 8.37. The third kappa shape index (κ3) is 2.77. The molecule has 5 N–H and O–H groups in total. The lowest BCUT2D eigenvalue weighted by Crippen LogP contribution is -2.16. The number of thiophene rings is 1. The van der Waals surface area contributed by atoms with Crippen LogP contribution < -0.4 is 16.8 Å². The van der Waals surface area contributed by atoms with Crippen molar-refractivity contribution >= 4 is 33.7 Å². The van der Waals surface area contributed by atoms with Gasteiger partial charge in [-0.25, -0.2) is 0 Å². The van der Waals surface area contributed by atoms with Gasteiger partial charge in [-0.1, -0.05) is 13.3 Å². The maximum absolute atomic E-state index is 12.2. The van der Waals surface area contributed by atoms with Crippen LogP contribution in [-0.2, 0) is 0 Å². The number of amides is 1. The van der Waals surface area contributed by atoms with Gasteiger partial charge in [-0.05, 0) is 31.6 Å². The molecule has 1 heterocycles. The number of rotatable bonds is 7. The van der Waals surface area contributed by atoms with Gasteiger partial charge in [0.2, 0.25) is 0 Å². The van der Waals surface area contributed by atoms with Gasteiger partial charge in [0.05, 0.1) is 16.1 Å². The number of hydrogen-bond acceptors (Lipinski definition) is 5. The van der Waals surface area contributed by atoms with E-state index in [0.717, 1.165) is 25.7 Å². The fourth-order valence-electron chi connectivity index (χ4n) is 2.79. The number of carbonyl (C=O) groups is 2. The van der Waals surface area contributed by atoms with E-state index in [1.807, 2.05) is 0 Å². The molecule has 0 spiro atoms. The summed E-state index contributed by atoms with van der Waals surface area (Å²) < 4.78 is 0. The van der Waals surface area contributed by atoms with Crippen LogP contribution in [0.25, 0.3) is 0 Å². The molecular formula is C15H21N3O2S. The zero-order chi connectivity index (χ0) is 15.1. The van der Waals surface area contributed by atoms with Crippen molar-refractivity contribution in [3.63, 3.8) is 0 Å². The topological polar surface area (TPSA) is 98.2 Å². The van der Waals surface area contributed by atoms with Crippen molar-refractivity contribution in [2.45, 2.75) is 45.1 Å². The highest BCUT2D eigenvalue weighted by Gasteiger charge is 2.39. The third-order valence-corrected chi connectivity index (χ3v) is 5.41. The SMILES string of the molecule is CCCC1CC1Nc1sc(C(=O)C2CC2)c(N)c1C(N)=O. The largest absolute Gasteiger partial charge is 0.397 e. The summed E-state index contributed by atoms with van der Waals surface area (Å²) in [5.74, 6) is 0.248. The molecular weight excluding hydrogens is 286 g/mol. The summed E-state index contributed by atoms with van der Waals surface area (Å²) in [7, 11) is 0. The van der Waals surface area contributed by atoms with Gasteiger partial charge >= 0.3 is 0 Å². The molecule has 3 rings (SSSR count). The zero-order valence-electron chi connectivity index (χ0n) is 12.1. The zero-order valence-corrected chi connectivity index (χ0v) is 13.0. The van der Waals surface area contributed by atoms with E-state index in [1.54, 1.807) is 0 Å². The van der Waals surface area contributed by atoms with Gasteiger partial charge in [0.1, 0.15) is 5.00 Å². The van der Waals surface area contributed by atoms with Crippen LogP contribution in [0, 0.1) is 11.8 Å². The van der Waals surface area contributed by atoms with Crippen molar-refractivity contribution < 1.29 is 9.59 Å². The number of ketones is 1. The Bertz CT molecular complexity index is 592. The number of nitrogens with two attached hydrogens (primary N) is 2. The minimum atomic E-state index is -0.561. The number of nitrogens with one attached hydrogen (secondary N) is 1. The maximum Gasteiger partial charge on any atom is 0.253 e. The standard InChI is InChI=1S/C15H21N3O2S/c1-2-3-8-6-9(8)18-15-10(14(17)20)11(16)13(21-15)12(19)7-4-5-7/h7-9,18H,2-6,16H2,1H3,(H2,17,20). The molecule has 2 aliphatic rings. The summed E-state index contributed by atoms with van der Waals surface area (Å²) in [4.78, 5) is 24.4. The molecule has 21 heavy (non-hydrogen) atoms. The van der Waals surface area contributed by atoms with Crippen LogP contribution in [0.3, 0.4) is 0 Å². The van der Waals surface area contributed by atoms with E-state index in [4.69, 9.17) is 11.5 Å². The lowest BCUT2D eigenvalue weighted by molar-refractivity contribution is 0.0972. The molecule has 6 heteroatoms. The third-order valence-electron chi connectivity index (χ3n) is 4.26. The number of Topliss-reactive ketones (excluding diaryl/α,β-unsaturated/α-hetero) is 1. The number of hydrogen-bond donors (Lipinski definition) is 3. The van der Waals surface area contributed by atoms with E-state index in [0.29, 0.717) is 27.4 Å². The molecule has 0 aliphatic heterocycles. The fourth-order valence-corrected chi connectivity index (χ4v) is 3.99. The van der Waals surface area contributed by atoms with Crippen LogP contribution in [0.2, 0.25) is 0 Å². The molecule has 0 radical (unpaired) electrons. The summed E-state index contributed by atoms with van der Waals surface area (Å²) in [5.41, 5.74) is 12.0. The first-order chi connectivity index (χ1) is 10.0. The van der Waals surface area contributed by atoms with E-state index in [1.165, 1.54) is 17.8 Å². The number of nitrogen functional groups attached to an aromatic ring is 1. The predicted molar refractivity (Wildman–Crippen MR) is 84.7 cm³/mol. The van der Waals surface area contributed by atoms with Crippen molar-refractivity contribution in [3.05, 3.63) is 10.4 Å². The monoisotopic (exact) mass is 307 g/mol. The molecule has 0 saturated heterocycles. The Balaban J connectivity index is 1.83. The molecule has 2 fully saturated rings. The van der Waals surface area contributed by atoms with E-state index in [9.17, 15) is 9.59 Å². The van der Waals surface area contributed by atoms with Crippen molar-refractivity contribution in [2.75, 3.05) is 11.1 Å². The van der Waals surface area contributed by atoms with Gasteiger partial charge in [-0.15, -0.1) is 11.3 Å². The minimum Gasteiger partial charge on any atom is -0.397 e. The molecule has 2 unspecified atom stereocenters. The van der Waals surface area contributed by atoms with Crippen molar-refractivity contribution in [1.82, 2.24) is 0 Å². The summed E-state index contributed by atoms with van der Waals surface area (Å²) >= 11 is 1.29. The lowest BCUT2D eigenvalue weighted by Gasteiger charge is -2.05. The first kappa shape index (κ1) is 14.4. The van der Waals surface area contributed by atoms with Crippen molar-refractivity contribution in [3.8, 4) is 0 Å². The summed E-state index contributed by atoms with van der Waals surface area (Å²) in [6.07, 6.45) is 5.29. The fraction of sp³-hybridized carbons (Fsp3) is 0.600. The summed E-state index contributed by atoms with van der Waals surface area (Å²) in [5, 5.41) is 4.04. The van der Waals surface area contributed by atoms with Crippen molar-refractivity contribution in [2.24, 2.45) is 17.6 Å². The van der Waals surface area contributed by atoms with Crippen LogP contribution >= 0.6 is 11.3 Å². The van der Waals surface area contributed by atoms with Gasteiger partial charge in [0, 0.05) is 12.0 Å². The molecule has 2 atom stereocenters. The molecule has 0 bridgehead atoms. The number of carbonyl (C=O) groups excluding carboxylic acids is 2. The quantitative estimate of drug-likeness (QED) is 0.674. The van der Waals surface area contributed by atoms with Crippen LogP contribution in [0.4, 0.5) is 10.7 Å². The highest BCUT2D eigenvalue weighted by molar-refractivity contribution is 7.19. The highest BCUT2D eigenvalue weighted by Crippen LogP contribution is 2.44. The molecule has 2 aliphatic carbocycles. The van der Waals surface area contributed by atoms with E-state index >= 15 is 0 Å². The molecule has 114 valence electrons. The van der Waals surface area contributed by atoms with Crippen LogP contribution in [0.5, 0.6) is 0 Å². The Kier molecular flexibility index (Phi) is 3.65. The molecule has 1 aromatic rings. The second-order valence-electron chi connectivity index (χ2n) is 6.09. The second-order valence-corrected chi connectivity index (χ2v) is 7.11. The van der Waals surface area contributed by atoms with Crippen LogP contribution in [0.15, 0.2) is 0 Å². The van der Waals surface area contributed by atoms with Gasteiger partial charge in [0.25, 0.3) is 5.91 Å². The average Bonchev–Trinajstić information content (AvgIpc) is 3.31. The van der Waals surface area contributed by atoms with Gasteiger partial charge < -0.3 is 16.8 Å². The predicted octanol–water partition coefficient (Wildman–Crippen LogP) is 2.62.